The van der Waals surface area contributed by atoms with Crippen LogP contribution < -0.4 is 10.6 Å². The molecule has 0 spiro atoms. The second-order valence-corrected chi connectivity index (χ2v) is 7.74. The Morgan fingerprint density at radius 1 is 1.06 bits per heavy atom. The van der Waals surface area contributed by atoms with E-state index in [4.69, 9.17) is 0 Å². The highest BCUT2D eigenvalue weighted by Gasteiger charge is 2.15. The number of hydrogen-bond donors (Lipinski definition) is 2. The Morgan fingerprint density at radius 2 is 1.84 bits per heavy atom. The predicted molar refractivity (Wildman–Crippen MR) is 118 cm³/mol. The molecule has 0 fully saturated rings. The van der Waals surface area contributed by atoms with E-state index in [0.29, 0.717) is 11.7 Å². The third-order valence-corrected chi connectivity index (χ3v) is 5.46. The van der Waals surface area contributed by atoms with E-state index in [1.807, 2.05) is 42.7 Å². The Hall–Kier alpha value is -3.20. The fourth-order valence-electron chi connectivity index (χ4n) is 2.98. The summed E-state index contributed by atoms with van der Waals surface area (Å²) in [6, 6.07) is 13.8. The molecule has 162 valence electrons. The molecule has 1 heterocycles. The van der Waals surface area contributed by atoms with Gasteiger partial charge in [0.2, 0.25) is 5.91 Å². The van der Waals surface area contributed by atoms with Crippen LogP contribution in [0.5, 0.6) is 0 Å². The van der Waals surface area contributed by atoms with Gasteiger partial charge in [0.25, 0.3) is 5.91 Å². The quantitative estimate of drug-likeness (QED) is 0.394. The summed E-state index contributed by atoms with van der Waals surface area (Å²) >= 11 is 1.30. The van der Waals surface area contributed by atoms with Crippen LogP contribution in [-0.4, -0.2) is 45.4 Å². The fourth-order valence-corrected chi connectivity index (χ4v) is 3.81. The average molecular weight is 442 g/mol. The fraction of sp³-hybridized carbons (Fsp3) is 0.273. The SMILES string of the molecule is CCn1c(SCC(=O)NCCNC(=O)c2ccccc2F)nnc1-c1cccc(C)c1. The van der Waals surface area contributed by atoms with E-state index >= 15 is 0 Å². The lowest BCUT2D eigenvalue weighted by Gasteiger charge is -2.09. The Balaban J connectivity index is 1.47. The van der Waals surface area contributed by atoms with Crippen LogP contribution in [0, 0.1) is 12.7 Å². The van der Waals surface area contributed by atoms with Crippen molar-refractivity contribution in [3.63, 3.8) is 0 Å². The van der Waals surface area contributed by atoms with E-state index in [0.717, 1.165) is 17.0 Å². The summed E-state index contributed by atoms with van der Waals surface area (Å²) in [5.41, 5.74) is 2.10. The lowest BCUT2D eigenvalue weighted by Crippen LogP contribution is -2.35. The highest BCUT2D eigenvalue weighted by Crippen LogP contribution is 2.24. The van der Waals surface area contributed by atoms with Crippen LogP contribution in [0.3, 0.4) is 0 Å². The first-order valence-electron chi connectivity index (χ1n) is 9.92. The standard InChI is InChI=1S/C22H24FN5O2S/c1-3-28-20(16-8-6-7-15(2)13-16)26-27-22(28)31-14-19(29)24-11-12-25-21(30)17-9-4-5-10-18(17)23/h4-10,13H,3,11-12,14H2,1-2H3,(H,24,29)(H,25,30). The van der Waals surface area contributed by atoms with Crippen LogP contribution >= 0.6 is 11.8 Å². The number of nitrogens with zero attached hydrogens (tertiary/aromatic N) is 3. The third kappa shape index (κ3) is 5.91. The molecule has 0 aliphatic carbocycles. The van der Waals surface area contributed by atoms with Gasteiger partial charge in [0, 0.05) is 25.2 Å². The first-order chi connectivity index (χ1) is 15.0. The number of benzene rings is 2. The number of amides is 2. The maximum absolute atomic E-state index is 13.6. The van der Waals surface area contributed by atoms with Crippen LogP contribution in [0.4, 0.5) is 4.39 Å². The minimum Gasteiger partial charge on any atom is -0.354 e. The molecule has 9 heteroatoms. The topological polar surface area (TPSA) is 88.9 Å². The molecule has 0 atom stereocenters. The summed E-state index contributed by atoms with van der Waals surface area (Å²) < 4.78 is 15.6. The van der Waals surface area contributed by atoms with Crippen molar-refractivity contribution in [2.75, 3.05) is 18.8 Å². The molecule has 0 saturated heterocycles. The molecule has 1 aromatic heterocycles. The normalized spacial score (nSPS) is 10.7. The first kappa shape index (κ1) is 22.5. The Kier molecular flexibility index (Phi) is 7.77. The molecule has 2 aromatic carbocycles. The molecule has 0 radical (unpaired) electrons. The van der Waals surface area contributed by atoms with Gasteiger partial charge in [0.1, 0.15) is 5.82 Å². The van der Waals surface area contributed by atoms with Crippen LogP contribution in [0.25, 0.3) is 11.4 Å². The molecule has 31 heavy (non-hydrogen) atoms. The minimum atomic E-state index is -0.578. The smallest absolute Gasteiger partial charge is 0.254 e. The van der Waals surface area contributed by atoms with Gasteiger partial charge < -0.3 is 15.2 Å². The number of nitrogens with one attached hydrogen (secondary N) is 2. The number of rotatable bonds is 9. The Bertz CT molecular complexity index is 1070. The summed E-state index contributed by atoms with van der Waals surface area (Å²) in [5, 5.41) is 14.5. The van der Waals surface area contributed by atoms with Gasteiger partial charge in [-0.1, -0.05) is 47.7 Å². The summed E-state index contributed by atoms with van der Waals surface area (Å²) in [5.74, 6) is -0.336. The lowest BCUT2D eigenvalue weighted by molar-refractivity contribution is -0.118. The number of aryl methyl sites for hydroxylation is 1. The van der Waals surface area contributed by atoms with E-state index in [1.165, 1.54) is 30.0 Å². The summed E-state index contributed by atoms with van der Waals surface area (Å²) in [6.45, 7) is 5.16. The molecular weight excluding hydrogens is 417 g/mol. The van der Waals surface area contributed by atoms with Gasteiger partial charge in [0.15, 0.2) is 11.0 Å². The van der Waals surface area contributed by atoms with Crippen molar-refractivity contribution in [3.8, 4) is 11.4 Å². The van der Waals surface area contributed by atoms with Crippen molar-refractivity contribution >= 4 is 23.6 Å². The van der Waals surface area contributed by atoms with Crippen LogP contribution in [0.15, 0.2) is 53.7 Å². The Labute approximate surface area is 184 Å². The van der Waals surface area contributed by atoms with Crippen molar-refractivity contribution in [2.45, 2.75) is 25.5 Å². The Morgan fingerprint density at radius 3 is 2.58 bits per heavy atom. The van der Waals surface area contributed by atoms with Crippen molar-refractivity contribution < 1.29 is 14.0 Å². The monoisotopic (exact) mass is 441 g/mol. The maximum atomic E-state index is 13.6. The summed E-state index contributed by atoms with van der Waals surface area (Å²) in [7, 11) is 0. The van der Waals surface area contributed by atoms with E-state index in [9.17, 15) is 14.0 Å². The second kappa shape index (κ2) is 10.7. The summed E-state index contributed by atoms with van der Waals surface area (Å²) in [4.78, 5) is 24.1. The molecule has 0 aliphatic heterocycles. The highest BCUT2D eigenvalue weighted by atomic mass is 32.2. The van der Waals surface area contributed by atoms with Crippen molar-refractivity contribution in [3.05, 3.63) is 65.5 Å². The molecule has 3 aromatic rings. The molecule has 2 amide bonds. The number of hydrogen-bond acceptors (Lipinski definition) is 5. The largest absolute Gasteiger partial charge is 0.354 e. The van der Waals surface area contributed by atoms with Crippen LogP contribution in [-0.2, 0) is 11.3 Å². The zero-order chi connectivity index (χ0) is 22.2. The first-order valence-corrected chi connectivity index (χ1v) is 10.9. The average Bonchev–Trinajstić information content (AvgIpc) is 3.18. The van der Waals surface area contributed by atoms with E-state index in [-0.39, 0.29) is 30.3 Å². The molecule has 0 saturated carbocycles. The van der Waals surface area contributed by atoms with E-state index < -0.39 is 11.7 Å². The zero-order valence-corrected chi connectivity index (χ0v) is 18.2. The zero-order valence-electron chi connectivity index (χ0n) is 17.4. The molecule has 0 bridgehead atoms. The highest BCUT2D eigenvalue weighted by molar-refractivity contribution is 7.99. The van der Waals surface area contributed by atoms with E-state index in [2.05, 4.69) is 20.8 Å². The van der Waals surface area contributed by atoms with Crippen molar-refractivity contribution in [1.29, 1.82) is 0 Å². The molecular formula is C22H24FN5O2S. The number of thioether (sulfide) groups is 1. The van der Waals surface area contributed by atoms with E-state index in [1.54, 1.807) is 6.07 Å². The molecule has 0 aliphatic rings. The molecule has 3 rings (SSSR count). The predicted octanol–water partition coefficient (Wildman–Crippen LogP) is 3.05. The number of carbonyl (C=O) groups is 2. The van der Waals surface area contributed by atoms with Gasteiger partial charge in [0.05, 0.1) is 11.3 Å². The van der Waals surface area contributed by atoms with Gasteiger partial charge in [-0.05, 0) is 32.0 Å². The van der Waals surface area contributed by atoms with Crippen molar-refractivity contribution in [2.24, 2.45) is 0 Å². The maximum Gasteiger partial charge on any atom is 0.254 e. The third-order valence-electron chi connectivity index (χ3n) is 4.49. The minimum absolute atomic E-state index is 0.0206. The van der Waals surface area contributed by atoms with Crippen LogP contribution in [0.2, 0.25) is 0 Å². The van der Waals surface area contributed by atoms with Gasteiger partial charge in [-0.3, -0.25) is 9.59 Å². The van der Waals surface area contributed by atoms with Gasteiger partial charge >= 0.3 is 0 Å². The van der Waals surface area contributed by atoms with Gasteiger partial charge in [-0.2, -0.15) is 0 Å². The second-order valence-electron chi connectivity index (χ2n) is 6.79. The number of halogens is 1. The molecule has 7 nitrogen and oxygen atoms in total. The van der Waals surface area contributed by atoms with Crippen molar-refractivity contribution in [1.82, 2.24) is 25.4 Å². The van der Waals surface area contributed by atoms with Crippen LogP contribution in [0.1, 0.15) is 22.8 Å². The van der Waals surface area contributed by atoms with Gasteiger partial charge in [-0.15, -0.1) is 10.2 Å². The number of carbonyl (C=O) groups excluding carboxylic acids is 2. The number of aromatic nitrogens is 3. The molecule has 0 unspecified atom stereocenters. The molecule has 2 N–H and O–H groups in total. The van der Waals surface area contributed by atoms with Gasteiger partial charge in [-0.25, -0.2) is 4.39 Å². The lowest BCUT2D eigenvalue weighted by atomic mass is 10.1. The summed E-state index contributed by atoms with van der Waals surface area (Å²) in [6.07, 6.45) is 0.